The predicted octanol–water partition coefficient (Wildman–Crippen LogP) is 3.62. The van der Waals surface area contributed by atoms with Gasteiger partial charge >= 0.3 is 0 Å². The van der Waals surface area contributed by atoms with Gasteiger partial charge in [-0.15, -0.1) is 0 Å². The molecule has 5 aliphatic carbocycles. The van der Waals surface area contributed by atoms with E-state index in [1.165, 1.54) is 18.8 Å². The van der Waals surface area contributed by atoms with Gasteiger partial charge in [0.1, 0.15) is 0 Å². The van der Waals surface area contributed by atoms with E-state index < -0.39 is 0 Å². The Bertz CT molecular complexity index is 319. The summed E-state index contributed by atoms with van der Waals surface area (Å²) in [5.41, 5.74) is 1.81. The van der Waals surface area contributed by atoms with Gasteiger partial charge in [-0.3, -0.25) is 0 Å². The Labute approximate surface area is 94.3 Å². The van der Waals surface area contributed by atoms with Crippen LogP contribution in [0.25, 0.3) is 0 Å². The number of unbranched alkanes of at least 4 members (excludes halogenated alkanes) is 1. The van der Waals surface area contributed by atoms with Gasteiger partial charge in [0.05, 0.1) is 0 Å². The second-order valence-electron chi connectivity index (χ2n) is 5.72. The molecule has 1 heteroatoms. The number of rotatable bonds is 2. The average molecular weight is 253 g/mol. The van der Waals surface area contributed by atoms with Gasteiger partial charge in [-0.25, -0.2) is 0 Å². The molecule has 5 rings (SSSR count). The second kappa shape index (κ2) is 2.48. The first-order chi connectivity index (χ1) is 6.84. The fourth-order valence-corrected chi connectivity index (χ4v) is 6.30. The van der Waals surface area contributed by atoms with E-state index in [4.69, 9.17) is 0 Å². The van der Waals surface area contributed by atoms with Crippen molar-refractivity contribution in [3.8, 4) is 0 Å². The smallest absolute Gasteiger partial charge is 0.0391 e. The highest BCUT2D eigenvalue weighted by atomic mass is 79.9. The minimum atomic E-state index is 0.776. The zero-order chi connectivity index (χ0) is 9.45. The summed E-state index contributed by atoms with van der Waals surface area (Å²) in [6, 6.07) is 0. The molecule has 6 bridgehead atoms. The molecule has 14 heavy (non-hydrogen) atoms. The molecule has 5 fully saturated rings. The summed E-state index contributed by atoms with van der Waals surface area (Å²) >= 11 is 3.96. The van der Waals surface area contributed by atoms with Crippen molar-refractivity contribution in [2.75, 3.05) is 0 Å². The highest BCUT2D eigenvalue weighted by molar-refractivity contribution is 9.09. The molecule has 76 valence electrons. The Balaban J connectivity index is 1.71. The summed E-state index contributed by atoms with van der Waals surface area (Å²) in [6.07, 6.45) is 6.75. The van der Waals surface area contributed by atoms with Crippen LogP contribution in [0.15, 0.2) is 11.6 Å². The Morgan fingerprint density at radius 3 is 2.79 bits per heavy atom. The third-order valence-electron chi connectivity index (χ3n) is 5.36. The minimum absolute atomic E-state index is 0.776. The van der Waals surface area contributed by atoms with Gasteiger partial charge < -0.3 is 0 Å². The van der Waals surface area contributed by atoms with Gasteiger partial charge in [0.25, 0.3) is 0 Å². The van der Waals surface area contributed by atoms with E-state index in [1.54, 1.807) is 6.42 Å². The maximum Gasteiger partial charge on any atom is 0.0391 e. The summed E-state index contributed by atoms with van der Waals surface area (Å²) < 4.78 is 0. The Kier molecular flexibility index (Phi) is 1.48. The van der Waals surface area contributed by atoms with Gasteiger partial charge in [-0.05, 0) is 48.3 Å². The van der Waals surface area contributed by atoms with Crippen LogP contribution >= 0.6 is 15.9 Å². The molecule has 0 aromatic heterocycles. The summed E-state index contributed by atoms with van der Waals surface area (Å²) in [7, 11) is 0. The van der Waals surface area contributed by atoms with Crippen LogP contribution in [-0.2, 0) is 0 Å². The highest BCUT2D eigenvalue weighted by Gasteiger charge is 2.78. The van der Waals surface area contributed by atoms with Crippen LogP contribution in [0.2, 0.25) is 0 Å². The summed E-state index contributed by atoms with van der Waals surface area (Å²) in [4.78, 5) is 0.776. The molecule has 0 N–H and O–H groups in total. The van der Waals surface area contributed by atoms with E-state index in [0.29, 0.717) is 0 Å². The van der Waals surface area contributed by atoms with Crippen LogP contribution < -0.4 is 0 Å². The number of halogens is 1. The van der Waals surface area contributed by atoms with Crippen LogP contribution in [0.5, 0.6) is 0 Å². The fraction of sp³-hybridized carbons (Fsp3) is 0.846. The summed E-state index contributed by atoms with van der Waals surface area (Å²) in [6.45, 7) is 2.29. The quantitative estimate of drug-likeness (QED) is 0.521. The molecule has 0 radical (unpaired) electrons. The third-order valence-corrected chi connectivity index (χ3v) is 6.50. The first-order valence-electron chi connectivity index (χ1n) is 6.18. The molecule has 0 amide bonds. The maximum atomic E-state index is 3.96. The summed E-state index contributed by atoms with van der Waals surface area (Å²) in [5, 5.41) is 0. The second-order valence-corrected chi connectivity index (χ2v) is 6.70. The molecule has 0 spiro atoms. The Hall–Kier alpha value is 0.220. The molecule has 0 nitrogen and oxygen atoms in total. The zero-order valence-electron chi connectivity index (χ0n) is 8.62. The van der Waals surface area contributed by atoms with Crippen molar-refractivity contribution in [2.24, 2.45) is 35.5 Å². The fourth-order valence-electron chi connectivity index (χ4n) is 5.07. The third kappa shape index (κ3) is 0.720. The molecule has 0 heterocycles. The first-order valence-corrected chi connectivity index (χ1v) is 7.10. The van der Waals surface area contributed by atoms with E-state index in [-0.39, 0.29) is 0 Å². The molecular formula is C13H17Br. The SMILES string of the molecule is CCC/C=C1\[C@@H]2[C@H]3C[C@@H]4[C@@H]([C@@H]42)[C@H]3[C@@H]1Br. The number of allylic oxidation sites excluding steroid dienone is 2. The van der Waals surface area contributed by atoms with Crippen molar-refractivity contribution < 1.29 is 0 Å². The van der Waals surface area contributed by atoms with E-state index >= 15 is 0 Å². The lowest BCUT2D eigenvalue weighted by Crippen LogP contribution is -2.15. The van der Waals surface area contributed by atoms with Gasteiger partial charge in [0.15, 0.2) is 0 Å². The lowest BCUT2D eigenvalue weighted by atomic mass is 9.93. The lowest BCUT2D eigenvalue weighted by molar-refractivity contribution is 0.452. The topological polar surface area (TPSA) is 0 Å². The van der Waals surface area contributed by atoms with Crippen molar-refractivity contribution >= 4 is 15.9 Å². The van der Waals surface area contributed by atoms with Gasteiger partial charge in [-0.1, -0.05) is 40.9 Å². The van der Waals surface area contributed by atoms with Crippen LogP contribution in [0.4, 0.5) is 0 Å². The molecule has 7 atom stereocenters. The monoisotopic (exact) mass is 252 g/mol. The van der Waals surface area contributed by atoms with Gasteiger partial charge in [-0.2, -0.15) is 0 Å². The van der Waals surface area contributed by atoms with Crippen molar-refractivity contribution in [1.29, 1.82) is 0 Å². The first kappa shape index (κ1) is 8.38. The van der Waals surface area contributed by atoms with Crippen molar-refractivity contribution in [3.63, 3.8) is 0 Å². The molecule has 0 aromatic carbocycles. The van der Waals surface area contributed by atoms with Crippen LogP contribution in [0, 0.1) is 35.5 Å². The van der Waals surface area contributed by atoms with Gasteiger partial charge in [0, 0.05) is 4.83 Å². The molecule has 5 saturated carbocycles. The molecule has 0 saturated heterocycles. The zero-order valence-corrected chi connectivity index (χ0v) is 10.2. The molecule has 0 aromatic rings. The van der Waals surface area contributed by atoms with E-state index in [9.17, 15) is 0 Å². The predicted molar refractivity (Wildman–Crippen MR) is 61.3 cm³/mol. The maximum absolute atomic E-state index is 3.96. The van der Waals surface area contributed by atoms with Crippen molar-refractivity contribution in [1.82, 2.24) is 0 Å². The number of hydrogen-bond donors (Lipinski definition) is 0. The normalized spacial score (nSPS) is 64.1. The van der Waals surface area contributed by atoms with E-state index in [1.807, 2.05) is 5.57 Å². The lowest BCUT2D eigenvalue weighted by Gasteiger charge is -2.18. The van der Waals surface area contributed by atoms with Crippen molar-refractivity contribution in [2.45, 2.75) is 31.0 Å². The van der Waals surface area contributed by atoms with E-state index in [0.717, 1.165) is 34.4 Å². The standard InChI is InChI=1S/C13H17Br/c1-2-3-4-6-9-7-5-8-10(9)11(8)12(7)13(6)14/h4,7-13H,2-3,5H2,1H3/b6-4+/t7-,8+,9-,10+,11+,12+,13-/m1/s1. The molecule has 5 aliphatic rings. The van der Waals surface area contributed by atoms with Crippen LogP contribution in [-0.4, -0.2) is 4.83 Å². The molecular weight excluding hydrogens is 236 g/mol. The Morgan fingerprint density at radius 2 is 2.14 bits per heavy atom. The molecule has 0 aliphatic heterocycles. The number of hydrogen-bond acceptors (Lipinski definition) is 0. The minimum Gasteiger partial charge on any atom is -0.0839 e. The Morgan fingerprint density at radius 1 is 1.29 bits per heavy atom. The molecule has 0 unspecified atom stereocenters. The van der Waals surface area contributed by atoms with Crippen molar-refractivity contribution in [3.05, 3.63) is 11.6 Å². The van der Waals surface area contributed by atoms with E-state index in [2.05, 4.69) is 28.9 Å². The number of alkyl halides is 1. The van der Waals surface area contributed by atoms with Crippen LogP contribution in [0.1, 0.15) is 26.2 Å². The average Bonchev–Trinajstić information content (AvgIpc) is 2.59. The highest BCUT2D eigenvalue weighted by Crippen LogP contribution is 2.82. The summed E-state index contributed by atoms with van der Waals surface area (Å²) in [5.74, 6) is 6.67. The van der Waals surface area contributed by atoms with Crippen LogP contribution in [0.3, 0.4) is 0 Å². The van der Waals surface area contributed by atoms with Gasteiger partial charge in [0.2, 0.25) is 0 Å². The largest absolute Gasteiger partial charge is 0.0839 e.